The molecule has 0 radical (unpaired) electrons. The van der Waals surface area contributed by atoms with Crippen LogP contribution in [0.2, 0.25) is 0 Å². The molecule has 1 saturated carbocycles. The number of hydrogen-bond acceptors (Lipinski definition) is 2. The first-order valence-electron chi connectivity index (χ1n) is 7.80. The lowest BCUT2D eigenvalue weighted by Crippen LogP contribution is -2.15. The van der Waals surface area contributed by atoms with Gasteiger partial charge in [-0.25, -0.2) is 0 Å². The molecule has 118 valence electrons. The maximum Gasteiger partial charge on any atom is 0.248 e. The van der Waals surface area contributed by atoms with Gasteiger partial charge in [-0.1, -0.05) is 18.2 Å². The Morgan fingerprint density at radius 1 is 1.00 bits per heavy atom. The van der Waals surface area contributed by atoms with Crippen LogP contribution in [-0.4, -0.2) is 11.8 Å². The van der Waals surface area contributed by atoms with Gasteiger partial charge >= 0.3 is 0 Å². The SMILES string of the molecule is Cc1ccc(C(N)=O)c(CC2CC2)c1-c1ccc(C(N)=O)cc1. The summed E-state index contributed by atoms with van der Waals surface area (Å²) in [6.07, 6.45) is 3.27. The Labute approximate surface area is 135 Å². The highest BCUT2D eigenvalue weighted by molar-refractivity contribution is 5.97. The average molecular weight is 308 g/mol. The minimum Gasteiger partial charge on any atom is -0.366 e. The maximum absolute atomic E-state index is 11.8. The fraction of sp³-hybridized carbons (Fsp3) is 0.263. The molecule has 1 aliphatic rings. The average Bonchev–Trinajstić information content (AvgIpc) is 3.31. The highest BCUT2D eigenvalue weighted by atomic mass is 16.1. The molecular weight excluding hydrogens is 288 g/mol. The summed E-state index contributed by atoms with van der Waals surface area (Å²) in [6, 6.07) is 10.9. The molecule has 0 aliphatic heterocycles. The van der Waals surface area contributed by atoms with E-state index >= 15 is 0 Å². The fourth-order valence-corrected chi connectivity index (χ4v) is 3.02. The maximum atomic E-state index is 11.8. The van der Waals surface area contributed by atoms with Crippen molar-refractivity contribution < 1.29 is 9.59 Å². The van der Waals surface area contributed by atoms with E-state index in [9.17, 15) is 9.59 Å². The molecule has 3 rings (SSSR count). The summed E-state index contributed by atoms with van der Waals surface area (Å²) < 4.78 is 0. The Bertz CT molecular complexity index is 775. The number of carbonyl (C=O) groups is 2. The van der Waals surface area contributed by atoms with E-state index < -0.39 is 11.8 Å². The molecule has 4 N–H and O–H groups in total. The van der Waals surface area contributed by atoms with Crippen molar-refractivity contribution in [3.63, 3.8) is 0 Å². The molecule has 0 bridgehead atoms. The molecule has 0 atom stereocenters. The molecule has 0 spiro atoms. The topological polar surface area (TPSA) is 86.2 Å². The van der Waals surface area contributed by atoms with Crippen molar-refractivity contribution >= 4 is 11.8 Å². The summed E-state index contributed by atoms with van der Waals surface area (Å²) in [4.78, 5) is 23.1. The van der Waals surface area contributed by atoms with Crippen molar-refractivity contribution in [3.05, 3.63) is 58.7 Å². The molecule has 0 aromatic heterocycles. The van der Waals surface area contributed by atoms with Gasteiger partial charge in [-0.3, -0.25) is 9.59 Å². The van der Waals surface area contributed by atoms with Crippen LogP contribution in [0.25, 0.3) is 11.1 Å². The molecule has 4 heteroatoms. The summed E-state index contributed by atoms with van der Waals surface area (Å²) in [6.45, 7) is 2.03. The number of carbonyl (C=O) groups excluding carboxylic acids is 2. The van der Waals surface area contributed by atoms with Crippen LogP contribution in [0.15, 0.2) is 36.4 Å². The van der Waals surface area contributed by atoms with E-state index in [1.165, 1.54) is 12.8 Å². The third-order valence-electron chi connectivity index (χ3n) is 4.43. The number of aryl methyl sites for hydroxylation is 1. The van der Waals surface area contributed by atoms with Crippen LogP contribution in [0.4, 0.5) is 0 Å². The van der Waals surface area contributed by atoms with Crippen molar-refractivity contribution in [2.45, 2.75) is 26.2 Å². The van der Waals surface area contributed by atoms with Crippen LogP contribution in [0.3, 0.4) is 0 Å². The van der Waals surface area contributed by atoms with Crippen molar-refractivity contribution in [2.75, 3.05) is 0 Å². The van der Waals surface area contributed by atoms with Gasteiger partial charge in [-0.2, -0.15) is 0 Å². The highest BCUT2D eigenvalue weighted by Crippen LogP contribution is 2.38. The van der Waals surface area contributed by atoms with Crippen LogP contribution in [0, 0.1) is 12.8 Å². The second-order valence-electron chi connectivity index (χ2n) is 6.24. The molecule has 0 heterocycles. The van der Waals surface area contributed by atoms with Gasteiger partial charge in [0.2, 0.25) is 11.8 Å². The predicted molar refractivity (Wildman–Crippen MR) is 90.1 cm³/mol. The molecule has 2 aromatic rings. The van der Waals surface area contributed by atoms with Crippen LogP contribution in [0.1, 0.15) is 44.7 Å². The van der Waals surface area contributed by atoms with E-state index in [1.807, 2.05) is 31.2 Å². The molecule has 2 amide bonds. The monoisotopic (exact) mass is 308 g/mol. The van der Waals surface area contributed by atoms with E-state index in [4.69, 9.17) is 11.5 Å². The van der Waals surface area contributed by atoms with E-state index in [-0.39, 0.29) is 0 Å². The summed E-state index contributed by atoms with van der Waals surface area (Å²) in [5.41, 5.74) is 16.1. The Morgan fingerprint density at radius 3 is 2.17 bits per heavy atom. The first-order chi connectivity index (χ1) is 11.0. The number of benzene rings is 2. The summed E-state index contributed by atoms with van der Waals surface area (Å²) in [7, 11) is 0. The van der Waals surface area contributed by atoms with Gasteiger partial charge in [-0.15, -0.1) is 0 Å². The third-order valence-corrected chi connectivity index (χ3v) is 4.43. The number of rotatable bonds is 5. The van der Waals surface area contributed by atoms with Crippen LogP contribution in [0.5, 0.6) is 0 Å². The summed E-state index contributed by atoms with van der Waals surface area (Å²) >= 11 is 0. The van der Waals surface area contributed by atoms with E-state index in [2.05, 4.69) is 0 Å². The van der Waals surface area contributed by atoms with Crippen molar-refractivity contribution in [2.24, 2.45) is 17.4 Å². The van der Waals surface area contributed by atoms with Gasteiger partial charge in [0, 0.05) is 11.1 Å². The Hall–Kier alpha value is -2.62. The number of primary amides is 2. The van der Waals surface area contributed by atoms with E-state index in [0.29, 0.717) is 17.0 Å². The first kappa shape index (κ1) is 15.3. The second-order valence-corrected chi connectivity index (χ2v) is 6.24. The molecule has 1 fully saturated rings. The zero-order valence-electron chi connectivity index (χ0n) is 13.1. The van der Waals surface area contributed by atoms with Crippen molar-refractivity contribution in [3.8, 4) is 11.1 Å². The van der Waals surface area contributed by atoms with Gasteiger partial charge < -0.3 is 11.5 Å². The second kappa shape index (κ2) is 5.88. The molecule has 2 aromatic carbocycles. The van der Waals surface area contributed by atoms with Gasteiger partial charge in [-0.05, 0) is 72.6 Å². The molecular formula is C19H20N2O2. The molecule has 0 unspecified atom stereocenters. The van der Waals surface area contributed by atoms with Gasteiger partial charge in [0.15, 0.2) is 0 Å². The Kier molecular flexibility index (Phi) is 3.90. The highest BCUT2D eigenvalue weighted by Gasteiger charge is 2.26. The van der Waals surface area contributed by atoms with Crippen LogP contribution in [-0.2, 0) is 6.42 Å². The zero-order valence-corrected chi connectivity index (χ0v) is 13.1. The quantitative estimate of drug-likeness (QED) is 0.890. The van der Waals surface area contributed by atoms with E-state index in [1.54, 1.807) is 12.1 Å². The number of nitrogens with two attached hydrogens (primary N) is 2. The lowest BCUT2D eigenvalue weighted by Gasteiger charge is -2.16. The lowest BCUT2D eigenvalue weighted by molar-refractivity contribution is 0.0991. The third kappa shape index (κ3) is 3.11. The minimum atomic E-state index is -0.447. The molecule has 0 saturated heterocycles. The summed E-state index contributed by atoms with van der Waals surface area (Å²) in [5.74, 6) is -0.202. The lowest BCUT2D eigenvalue weighted by atomic mass is 9.88. The van der Waals surface area contributed by atoms with Gasteiger partial charge in [0.1, 0.15) is 0 Å². The Balaban J connectivity index is 2.13. The summed E-state index contributed by atoms with van der Waals surface area (Å²) in [5, 5.41) is 0. The zero-order chi connectivity index (χ0) is 16.6. The largest absolute Gasteiger partial charge is 0.366 e. The van der Waals surface area contributed by atoms with Crippen LogP contribution < -0.4 is 11.5 Å². The van der Waals surface area contributed by atoms with Gasteiger partial charge in [0.25, 0.3) is 0 Å². The number of hydrogen-bond donors (Lipinski definition) is 2. The number of amides is 2. The fourth-order valence-electron chi connectivity index (χ4n) is 3.02. The molecule has 4 nitrogen and oxygen atoms in total. The molecule has 23 heavy (non-hydrogen) atoms. The predicted octanol–water partition coefficient (Wildman–Crippen LogP) is 2.81. The van der Waals surface area contributed by atoms with Crippen molar-refractivity contribution in [1.82, 2.24) is 0 Å². The van der Waals surface area contributed by atoms with Gasteiger partial charge in [0.05, 0.1) is 0 Å². The molecule has 1 aliphatic carbocycles. The standard InChI is InChI=1S/C19H20N2O2/c1-11-2-9-15(19(21)23)16(10-12-3-4-12)17(11)13-5-7-14(8-6-13)18(20)22/h2,5-9,12H,3-4,10H2,1H3,(H2,20,22)(H2,21,23). The van der Waals surface area contributed by atoms with Crippen LogP contribution >= 0.6 is 0 Å². The van der Waals surface area contributed by atoms with Crippen molar-refractivity contribution in [1.29, 1.82) is 0 Å². The smallest absolute Gasteiger partial charge is 0.248 e. The van der Waals surface area contributed by atoms with E-state index in [0.717, 1.165) is 28.7 Å². The minimum absolute atomic E-state index is 0.393. The Morgan fingerprint density at radius 2 is 1.65 bits per heavy atom. The first-order valence-corrected chi connectivity index (χ1v) is 7.80. The normalized spacial score (nSPS) is 13.8.